The molecule has 0 aromatic rings. The Hall–Kier alpha value is -0.0800. The maximum Gasteiger partial charge on any atom is 0.0708 e. The van der Waals surface area contributed by atoms with Crippen molar-refractivity contribution in [2.24, 2.45) is 5.41 Å². The third-order valence-electron chi connectivity index (χ3n) is 3.84. The van der Waals surface area contributed by atoms with E-state index in [-0.39, 0.29) is 5.41 Å². The number of hydrogen-bond acceptors (Lipinski definition) is 2. The lowest BCUT2D eigenvalue weighted by Gasteiger charge is -2.40. The Kier molecular flexibility index (Phi) is 4.19. The summed E-state index contributed by atoms with van der Waals surface area (Å²) in [4.78, 5) is 2.49. The molecule has 1 aliphatic rings. The minimum atomic E-state index is -0.463. The van der Waals surface area contributed by atoms with Gasteiger partial charge in [-0.15, -0.1) is 0 Å². The normalized spacial score (nSPS) is 30.2. The quantitative estimate of drug-likeness (QED) is 0.762. The first-order valence-electron chi connectivity index (χ1n) is 6.34. The van der Waals surface area contributed by atoms with Crippen LogP contribution in [0.15, 0.2) is 0 Å². The van der Waals surface area contributed by atoms with Gasteiger partial charge in [0.1, 0.15) is 0 Å². The van der Waals surface area contributed by atoms with Crippen LogP contribution in [0.5, 0.6) is 0 Å². The molecule has 1 N–H and O–H groups in total. The molecule has 0 amide bonds. The number of nitrogens with zero attached hydrogens (tertiary/aromatic N) is 1. The predicted octanol–water partition coefficient (Wildman–Crippen LogP) is 2.66. The van der Waals surface area contributed by atoms with Gasteiger partial charge in [0.05, 0.1) is 5.60 Å². The zero-order chi connectivity index (χ0) is 11.5. The zero-order valence-corrected chi connectivity index (χ0v) is 10.8. The average Bonchev–Trinajstić information content (AvgIpc) is 2.29. The maximum absolute atomic E-state index is 10.6. The van der Waals surface area contributed by atoms with Crippen molar-refractivity contribution < 1.29 is 5.11 Å². The molecule has 1 unspecified atom stereocenters. The second-order valence-electron chi connectivity index (χ2n) is 5.98. The summed E-state index contributed by atoms with van der Waals surface area (Å²) in [5.41, 5.74) is -0.454. The molecule has 0 aliphatic carbocycles. The van der Waals surface area contributed by atoms with E-state index in [1.165, 1.54) is 13.0 Å². The van der Waals surface area contributed by atoms with Crippen LogP contribution < -0.4 is 0 Å². The van der Waals surface area contributed by atoms with Gasteiger partial charge < -0.3 is 10.0 Å². The van der Waals surface area contributed by atoms with Gasteiger partial charge in [-0.05, 0) is 44.2 Å². The molecule has 1 heterocycles. The van der Waals surface area contributed by atoms with Crippen LogP contribution in [0.3, 0.4) is 0 Å². The topological polar surface area (TPSA) is 23.5 Å². The summed E-state index contributed by atoms with van der Waals surface area (Å²) < 4.78 is 0. The summed E-state index contributed by atoms with van der Waals surface area (Å²) in [6, 6.07) is 0. The second-order valence-corrected chi connectivity index (χ2v) is 5.98. The van der Waals surface area contributed by atoms with Gasteiger partial charge in [-0.25, -0.2) is 0 Å². The minimum Gasteiger partial charge on any atom is -0.389 e. The van der Waals surface area contributed by atoms with Gasteiger partial charge in [-0.2, -0.15) is 0 Å². The first-order valence-corrected chi connectivity index (χ1v) is 6.34. The van der Waals surface area contributed by atoms with Crippen LogP contribution >= 0.6 is 0 Å². The van der Waals surface area contributed by atoms with Crippen LogP contribution in [-0.2, 0) is 0 Å². The monoisotopic (exact) mass is 213 g/mol. The molecule has 2 heteroatoms. The van der Waals surface area contributed by atoms with E-state index >= 15 is 0 Å². The molecule has 0 aromatic heterocycles. The fourth-order valence-electron chi connectivity index (χ4n) is 2.46. The highest BCUT2D eigenvalue weighted by Crippen LogP contribution is 2.38. The Morgan fingerprint density at radius 3 is 2.40 bits per heavy atom. The molecule has 1 atom stereocenters. The average molecular weight is 213 g/mol. The Morgan fingerprint density at radius 2 is 1.87 bits per heavy atom. The van der Waals surface area contributed by atoms with Crippen molar-refractivity contribution in [2.75, 3.05) is 19.6 Å². The molecule has 15 heavy (non-hydrogen) atoms. The summed E-state index contributed by atoms with van der Waals surface area (Å²) in [5, 5.41) is 10.6. The molecule has 1 rings (SSSR count). The van der Waals surface area contributed by atoms with Crippen LogP contribution in [-0.4, -0.2) is 35.2 Å². The zero-order valence-electron chi connectivity index (χ0n) is 10.8. The van der Waals surface area contributed by atoms with Crippen molar-refractivity contribution in [3.8, 4) is 0 Å². The summed E-state index contributed by atoms with van der Waals surface area (Å²) in [5.74, 6) is 0. The molecule has 0 saturated carbocycles. The number of likely N-dealkylation sites (tertiary alicyclic amines) is 1. The number of hydrogen-bond donors (Lipinski definition) is 1. The fourth-order valence-corrected chi connectivity index (χ4v) is 2.46. The lowest BCUT2D eigenvalue weighted by molar-refractivity contribution is -0.0684. The van der Waals surface area contributed by atoms with E-state index < -0.39 is 5.60 Å². The van der Waals surface area contributed by atoms with Crippen molar-refractivity contribution in [1.82, 2.24) is 4.90 Å². The van der Waals surface area contributed by atoms with Crippen molar-refractivity contribution in [3.05, 3.63) is 0 Å². The standard InChI is InChI=1S/C13H27NO/c1-5-9-14-10-6-7-13(15,8-11-14)12(2,3)4/h15H,5-11H2,1-4H3. The van der Waals surface area contributed by atoms with E-state index in [0.29, 0.717) is 0 Å². The molecule has 2 nitrogen and oxygen atoms in total. The lowest BCUT2D eigenvalue weighted by atomic mass is 9.72. The summed E-state index contributed by atoms with van der Waals surface area (Å²) in [7, 11) is 0. The SMILES string of the molecule is CCCN1CCCC(O)(C(C)(C)C)CC1. The van der Waals surface area contributed by atoms with Crippen LogP contribution in [0.1, 0.15) is 53.4 Å². The first-order chi connectivity index (χ1) is 6.89. The Bertz CT molecular complexity index is 197. The predicted molar refractivity (Wildman–Crippen MR) is 65.0 cm³/mol. The minimum absolute atomic E-state index is 0.00915. The summed E-state index contributed by atoms with van der Waals surface area (Å²) in [6.07, 6.45) is 4.23. The smallest absolute Gasteiger partial charge is 0.0708 e. The van der Waals surface area contributed by atoms with Crippen LogP contribution in [0.2, 0.25) is 0 Å². The van der Waals surface area contributed by atoms with E-state index in [1.807, 2.05) is 0 Å². The summed E-state index contributed by atoms with van der Waals surface area (Å²) in [6.45, 7) is 12.1. The lowest BCUT2D eigenvalue weighted by Crippen LogP contribution is -2.43. The molecule has 0 spiro atoms. The van der Waals surface area contributed by atoms with Gasteiger partial charge in [-0.3, -0.25) is 0 Å². The largest absolute Gasteiger partial charge is 0.389 e. The molecule has 0 radical (unpaired) electrons. The molecule has 0 aromatic carbocycles. The van der Waals surface area contributed by atoms with E-state index in [2.05, 4.69) is 32.6 Å². The second kappa shape index (κ2) is 4.84. The van der Waals surface area contributed by atoms with Gasteiger partial charge in [0.25, 0.3) is 0 Å². The van der Waals surface area contributed by atoms with Crippen molar-refractivity contribution in [1.29, 1.82) is 0 Å². The van der Waals surface area contributed by atoms with Gasteiger partial charge in [0, 0.05) is 6.54 Å². The van der Waals surface area contributed by atoms with E-state index in [9.17, 15) is 5.11 Å². The van der Waals surface area contributed by atoms with Gasteiger partial charge in [0.2, 0.25) is 0 Å². The fraction of sp³-hybridized carbons (Fsp3) is 1.00. The first kappa shape index (κ1) is 13.0. The molecule has 1 aliphatic heterocycles. The Morgan fingerprint density at radius 1 is 1.20 bits per heavy atom. The van der Waals surface area contributed by atoms with Gasteiger partial charge >= 0.3 is 0 Å². The van der Waals surface area contributed by atoms with Crippen LogP contribution in [0.25, 0.3) is 0 Å². The number of aliphatic hydroxyl groups is 1. The van der Waals surface area contributed by atoms with Crippen molar-refractivity contribution >= 4 is 0 Å². The molecule has 0 bridgehead atoms. The highest BCUT2D eigenvalue weighted by atomic mass is 16.3. The van der Waals surface area contributed by atoms with Gasteiger partial charge in [-0.1, -0.05) is 27.7 Å². The third kappa shape index (κ3) is 3.18. The molecule has 1 saturated heterocycles. The van der Waals surface area contributed by atoms with Gasteiger partial charge in [0.15, 0.2) is 0 Å². The summed E-state index contributed by atoms with van der Waals surface area (Å²) >= 11 is 0. The van der Waals surface area contributed by atoms with Crippen LogP contribution in [0, 0.1) is 5.41 Å². The van der Waals surface area contributed by atoms with E-state index in [0.717, 1.165) is 32.4 Å². The number of rotatable bonds is 2. The highest BCUT2D eigenvalue weighted by molar-refractivity contribution is 4.92. The van der Waals surface area contributed by atoms with Crippen LogP contribution in [0.4, 0.5) is 0 Å². The van der Waals surface area contributed by atoms with E-state index in [1.54, 1.807) is 0 Å². The molecule has 1 fully saturated rings. The molecular weight excluding hydrogens is 186 g/mol. The van der Waals surface area contributed by atoms with E-state index in [4.69, 9.17) is 0 Å². The Labute approximate surface area is 94.7 Å². The molecule has 90 valence electrons. The highest BCUT2D eigenvalue weighted by Gasteiger charge is 2.40. The molecular formula is C13H27NO. The van der Waals surface area contributed by atoms with Crippen molar-refractivity contribution in [2.45, 2.75) is 59.0 Å². The third-order valence-corrected chi connectivity index (χ3v) is 3.84. The maximum atomic E-state index is 10.6. The van der Waals surface area contributed by atoms with Crippen molar-refractivity contribution in [3.63, 3.8) is 0 Å². The Balaban J connectivity index is 2.59.